The standard InChI is InChI=1S/C13H16F2N2/c1-2-16-5-6-17(13-8-12(13)16)11-4-3-9(14)7-10(11)15/h3-4,7,12-13H,2,5-6,8H2,1H3/t12-,13?/m1/s1. The number of nitrogens with zero attached hydrogens (tertiary/aromatic N) is 2. The van der Waals surface area contributed by atoms with Crippen LogP contribution in [0, 0.1) is 11.6 Å². The Morgan fingerprint density at radius 2 is 2.06 bits per heavy atom. The fourth-order valence-corrected chi connectivity index (χ4v) is 2.87. The molecule has 2 aliphatic rings. The van der Waals surface area contributed by atoms with Crippen LogP contribution in [0.5, 0.6) is 0 Å². The lowest BCUT2D eigenvalue weighted by Crippen LogP contribution is -2.46. The van der Waals surface area contributed by atoms with Crippen LogP contribution in [0.2, 0.25) is 0 Å². The van der Waals surface area contributed by atoms with E-state index in [-0.39, 0.29) is 0 Å². The topological polar surface area (TPSA) is 6.48 Å². The van der Waals surface area contributed by atoms with Crippen molar-refractivity contribution in [2.24, 2.45) is 0 Å². The summed E-state index contributed by atoms with van der Waals surface area (Å²) >= 11 is 0. The number of rotatable bonds is 2. The van der Waals surface area contributed by atoms with E-state index in [1.54, 1.807) is 6.07 Å². The van der Waals surface area contributed by atoms with Crippen LogP contribution in [0.25, 0.3) is 0 Å². The molecule has 0 amide bonds. The molecule has 92 valence electrons. The Kier molecular flexibility index (Phi) is 2.54. The average molecular weight is 238 g/mol. The second kappa shape index (κ2) is 3.95. The van der Waals surface area contributed by atoms with E-state index in [1.165, 1.54) is 6.07 Å². The number of hydrogen-bond acceptors (Lipinski definition) is 2. The summed E-state index contributed by atoms with van der Waals surface area (Å²) in [5, 5.41) is 0. The number of likely N-dealkylation sites (N-methyl/N-ethyl adjacent to an activating group) is 1. The molecule has 4 heteroatoms. The minimum absolute atomic E-state index is 0.420. The summed E-state index contributed by atoms with van der Waals surface area (Å²) in [6, 6.07) is 4.85. The average Bonchev–Trinajstić information content (AvgIpc) is 3.08. The summed E-state index contributed by atoms with van der Waals surface area (Å²) in [6.45, 7) is 5.01. The molecule has 1 aromatic carbocycles. The van der Waals surface area contributed by atoms with Gasteiger partial charge in [-0.1, -0.05) is 6.92 Å². The maximum absolute atomic E-state index is 13.7. The highest BCUT2D eigenvalue weighted by Crippen LogP contribution is 2.39. The largest absolute Gasteiger partial charge is 0.363 e. The zero-order valence-electron chi connectivity index (χ0n) is 9.87. The lowest BCUT2D eigenvalue weighted by molar-refractivity contribution is 0.255. The molecule has 0 aromatic heterocycles. The minimum atomic E-state index is -0.509. The maximum Gasteiger partial charge on any atom is 0.149 e. The molecule has 1 aliphatic carbocycles. The molecule has 17 heavy (non-hydrogen) atoms. The number of anilines is 1. The van der Waals surface area contributed by atoms with Crippen LogP contribution >= 0.6 is 0 Å². The second-order valence-corrected chi connectivity index (χ2v) is 4.79. The fraction of sp³-hybridized carbons (Fsp3) is 0.538. The van der Waals surface area contributed by atoms with E-state index in [0.29, 0.717) is 17.8 Å². The molecule has 1 heterocycles. The Labute approximate surface area is 99.8 Å². The Bertz CT molecular complexity index is 435. The third-order valence-electron chi connectivity index (χ3n) is 3.85. The highest BCUT2D eigenvalue weighted by atomic mass is 19.1. The van der Waals surface area contributed by atoms with E-state index >= 15 is 0 Å². The van der Waals surface area contributed by atoms with Gasteiger partial charge in [-0.15, -0.1) is 0 Å². The monoisotopic (exact) mass is 238 g/mol. The van der Waals surface area contributed by atoms with Crippen molar-refractivity contribution in [3.63, 3.8) is 0 Å². The first-order valence-corrected chi connectivity index (χ1v) is 6.16. The van der Waals surface area contributed by atoms with Crippen molar-refractivity contribution in [1.82, 2.24) is 4.90 Å². The molecule has 2 atom stereocenters. The number of benzene rings is 1. The van der Waals surface area contributed by atoms with Crippen molar-refractivity contribution in [3.05, 3.63) is 29.8 Å². The molecular formula is C13H16F2N2. The second-order valence-electron chi connectivity index (χ2n) is 4.79. The third kappa shape index (κ3) is 1.80. The normalized spacial score (nSPS) is 28.1. The Hall–Kier alpha value is -1.16. The van der Waals surface area contributed by atoms with Gasteiger partial charge in [-0.3, -0.25) is 4.90 Å². The van der Waals surface area contributed by atoms with E-state index in [0.717, 1.165) is 32.1 Å². The number of piperazine rings is 1. The first-order chi connectivity index (χ1) is 8.20. The SMILES string of the molecule is CCN1CCN(c2ccc(F)cc2F)C2C[C@H]21. The molecular weight excluding hydrogens is 222 g/mol. The smallest absolute Gasteiger partial charge is 0.149 e. The summed E-state index contributed by atoms with van der Waals surface area (Å²) in [5.41, 5.74) is 0.551. The van der Waals surface area contributed by atoms with Crippen LogP contribution in [-0.2, 0) is 0 Å². The molecule has 0 radical (unpaired) electrons. The molecule has 1 aliphatic heterocycles. The van der Waals surface area contributed by atoms with E-state index in [2.05, 4.69) is 16.7 Å². The van der Waals surface area contributed by atoms with Crippen LogP contribution in [0.3, 0.4) is 0 Å². The lowest BCUT2D eigenvalue weighted by Gasteiger charge is -2.35. The van der Waals surface area contributed by atoms with Crippen LogP contribution in [-0.4, -0.2) is 36.6 Å². The molecule has 3 rings (SSSR count). The van der Waals surface area contributed by atoms with Crippen molar-refractivity contribution >= 4 is 5.69 Å². The van der Waals surface area contributed by atoms with Gasteiger partial charge in [0.15, 0.2) is 0 Å². The van der Waals surface area contributed by atoms with E-state index in [9.17, 15) is 8.78 Å². The summed E-state index contributed by atoms with van der Waals surface area (Å²) in [4.78, 5) is 4.52. The van der Waals surface area contributed by atoms with Crippen molar-refractivity contribution in [1.29, 1.82) is 0 Å². The van der Waals surface area contributed by atoms with Crippen LogP contribution in [0.1, 0.15) is 13.3 Å². The predicted octanol–water partition coefficient (Wildman–Crippen LogP) is 2.25. The number of hydrogen-bond donors (Lipinski definition) is 0. The highest BCUT2D eigenvalue weighted by molar-refractivity contribution is 5.51. The maximum atomic E-state index is 13.7. The zero-order valence-corrected chi connectivity index (χ0v) is 9.87. The molecule has 2 fully saturated rings. The molecule has 1 saturated heterocycles. The van der Waals surface area contributed by atoms with Gasteiger partial charge in [0.05, 0.1) is 5.69 Å². The van der Waals surface area contributed by atoms with Gasteiger partial charge in [0.25, 0.3) is 0 Å². The third-order valence-corrected chi connectivity index (χ3v) is 3.85. The van der Waals surface area contributed by atoms with Crippen LogP contribution in [0.4, 0.5) is 14.5 Å². The van der Waals surface area contributed by atoms with Crippen molar-refractivity contribution in [2.75, 3.05) is 24.5 Å². The highest BCUT2D eigenvalue weighted by Gasteiger charge is 2.48. The van der Waals surface area contributed by atoms with Gasteiger partial charge in [-0.05, 0) is 25.1 Å². The summed E-state index contributed by atoms with van der Waals surface area (Å²) in [5.74, 6) is -0.952. The summed E-state index contributed by atoms with van der Waals surface area (Å²) in [6.07, 6.45) is 1.10. The van der Waals surface area contributed by atoms with Gasteiger partial charge in [0.1, 0.15) is 11.6 Å². The summed E-state index contributed by atoms with van der Waals surface area (Å²) < 4.78 is 26.6. The van der Waals surface area contributed by atoms with Crippen molar-refractivity contribution in [2.45, 2.75) is 25.4 Å². The Morgan fingerprint density at radius 3 is 2.76 bits per heavy atom. The van der Waals surface area contributed by atoms with Crippen molar-refractivity contribution in [3.8, 4) is 0 Å². The first kappa shape index (κ1) is 11.0. The van der Waals surface area contributed by atoms with Gasteiger partial charge < -0.3 is 4.90 Å². The van der Waals surface area contributed by atoms with E-state index in [1.807, 2.05) is 0 Å². The zero-order chi connectivity index (χ0) is 12.0. The molecule has 1 unspecified atom stereocenters. The van der Waals surface area contributed by atoms with Gasteiger partial charge >= 0.3 is 0 Å². The minimum Gasteiger partial charge on any atom is -0.363 e. The van der Waals surface area contributed by atoms with Crippen LogP contribution < -0.4 is 4.90 Å². The van der Waals surface area contributed by atoms with Crippen molar-refractivity contribution < 1.29 is 8.78 Å². The fourth-order valence-electron chi connectivity index (χ4n) is 2.87. The molecule has 1 saturated carbocycles. The van der Waals surface area contributed by atoms with E-state index in [4.69, 9.17) is 0 Å². The summed E-state index contributed by atoms with van der Waals surface area (Å²) in [7, 11) is 0. The number of halogens is 2. The molecule has 0 spiro atoms. The molecule has 0 N–H and O–H groups in total. The molecule has 0 bridgehead atoms. The number of fused-ring (bicyclic) bond motifs is 1. The Balaban J connectivity index is 1.82. The lowest BCUT2D eigenvalue weighted by atomic mass is 10.2. The Morgan fingerprint density at radius 1 is 1.24 bits per heavy atom. The van der Waals surface area contributed by atoms with E-state index < -0.39 is 11.6 Å². The van der Waals surface area contributed by atoms with Gasteiger partial charge in [-0.2, -0.15) is 0 Å². The quantitative estimate of drug-likeness (QED) is 0.779. The van der Waals surface area contributed by atoms with Gasteiger partial charge in [0, 0.05) is 31.2 Å². The van der Waals surface area contributed by atoms with Crippen LogP contribution in [0.15, 0.2) is 18.2 Å². The predicted molar refractivity (Wildman–Crippen MR) is 63.1 cm³/mol. The first-order valence-electron chi connectivity index (χ1n) is 6.16. The van der Waals surface area contributed by atoms with Gasteiger partial charge in [0.2, 0.25) is 0 Å². The molecule has 2 nitrogen and oxygen atoms in total. The van der Waals surface area contributed by atoms with Gasteiger partial charge in [-0.25, -0.2) is 8.78 Å². The molecule has 1 aromatic rings.